The molecule has 19 heavy (non-hydrogen) atoms. The molecule has 3 N–H and O–H groups in total. The fourth-order valence-corrected chi connectivity index (χ4v) is 2.14. The van der Waals surface area contributed by atoms with Crippen LogP contribution in [0.15, 0.2) is 42.5 Å². The number of anilines is 3. The van der Waals surface area contributed by atoms with E-state index in [0.717, 1.165) is 29.0 Å². The molecule has 0 fully saturated rings. The van der Waals surface area contributed by atoms with Crippen molar-refractivity contribution in [3.63, 3.8) is 0 Å². The van der Waals surface area contributed by atoms with Crippen LogP contribution in [0, 0.1) is 6.92 Å². The summed E-state index contributed by atoms with van der Waals surface area (Å²) in [5.41, 5.74) is 11.4. The van der Waals surface area contributed by atoms with Gasteiger partial charge in [0.15, 0.2) is 0 Å². The first-order chi connectivity index (χ1) is 9.20. The van der Waals surface area contributed by atoms with Gasteiger partial charge in [0.25, 0.3) is 0 Å². The molecule has 0 saturated carbocycles. The van der Waals surface area contributed by atoms with Crippen LogP contribution in [0.2, 0.25) is 0 Å². The lowest BCUT2D eigenvalue weighted by molar-refractivity contribution is 0.795. The van der Waals surface area contributed by atoms with Crippen LogP contribution < -0.4 is 11.1 Å². The lowest BCUT2D eigenvalue weighted by atomic mass is 10.1. The standard InChI is InChI=1S/C17H22N2/c1-3-4-7-14-9-11-15(12-10-14)19-17-13(2)6-5-8-16(17)18/h5-6,8-12,19H,3-4,7,18H2,1-2H3. The third kappa shape index (κ3) is 3.50. The SMILES string of the molecule is CCCCc1ccc(Nc2c(C)cccc2N)cc1. The van der Waals surface area contributed by atoms with Crippen molar-refractivity contribution in [3.05, 3.63) is 53.6 Å². The van der Waals surface area contributed by atoms with Gasteiger partial charge in [-0.25, -0.2) is 0 Å². The van der Waals surface area contributed by atoms with Gasteiger partial charge in [0.05, 0.1) is 11.4 Å². The molecule has 0 radical (unpaired) electrons. The summed E-state index contributed by atoms with van der Waals surface area (Å²) in [6.07, 6.45) is 3.64. The van der Waals surface area contributed by atoms with Crippen LogP contribution in [0.5, 0.6) is 0 Å². The van der Waals surface area contributed by atoms with Gasteiger partial charge in [-0.1, -0.05) is 37.6 Å². The minimum atomic E-state index is 0.787. The molecule has 0 heterocycles. The fraction of sp³-hybridized carbons (Fsp3) is 0.294. The summed E-state index contributed by atoms with van der Waals surface area (Å²) < 4.78 is 0. The predicted molar refractivity (Wildman–Crippen MR) is 83.9 cm³/mol. The minimum Gasteiger partial charge on any atom is -0.397 e. The van der Waals surface area contributed by atoms with Crippen LogP contribution in [0.1, 0.15) is 30.9 Å². The Morgan fingerprint density at radius 2 is 1.79 bits per heavy atom. The smallest absolute Gasteiger partial charge is 0.0647 e. The Hall–Kier alpha value is -1.96. The van der Waals surface area contributed by atoms with Crippen LogP contribution in [0.25, 0.3) is 0 Å². The molecule has 0 aliphatic heterocycles. The highest BCUT2D eigenvalue weighted by Crippen LogP contribution is 2.26. The number of benzene rings is 2. The summed E-state index contributed by atoms with van der Waals surface area (Å²) in [6.45, 7) is 4.28. The van der Waals surface area contributed by atoms with Crippen LogP contribution in [-0.2, 0) is 6.42 Å². The third-order valence-electron chi connectivity index (χ3n) is 3.35. The maximum absolute atomic E-state index is 6.00. The number of nitrogen functional groups attached to an aromatic ring is 1. The van der Waals surface area contributed by atoms with Gasteiger partial charge in [0.2, 0.25) is 0 Å². The number of para-hydroxylation sites is 1. The summed E-state index contributed by atoms with van der Waals surface area (Å²) in [6, 6.07) is 14.6. The van der Waals surface area contributed by atoms with E-state index in [2.05, 4.69) is 49.5 Å². The fourth-order valence-electron chi connectivity index (χ4n) is 2.14. The molecule has 0 amide bonds. The van der Waals surface area contributed by atoms with Crippen LogP contribution in [0.3, 0.4) is 0 Å². The number of hydrogen-bond acceptors (Lipinski definition) is 2. The Kier molecular flexibility index (Phi) is 4.45. The van der Waals surface area contributed by atoms with E-state index in [1.807, 2.05) is 12.1 Å². The molecule has 2 aromatic rings. The van der Waals surface area contributed by atoms with E-state index in [1.54, 1.807) is 0 Å². The first-order valence-corrected chi connectivity index (χ1v) is 6.91. The second kappa shape index (κ2) is 6.28. The summed E-state index contributed by atoms with van der Waals surface area (Å²) in [7, 11) is 0. The first-order valence-electron chi connectivity index (χ1n) is 6.91. The van der Waals surface area contributed by atoms with Crippen LogP contribution in [0.4, 0.5) is 17.1 Å². The van der Waals surface area contributed by atoms with Gasteiger partial charge in [-0.3, -0.25) is 0 Å². The van der Waals surface area contributed by atoms with Gasteiger partial charge in [0.1, 0.15) is 0 Å². The Morgan fingerprint density at radius 1 is 1.05 bits per heavy atom. The maximum Gasteiger partial charge on any atom is 0.0647 e. The predicted octanol–water partition coefficient (Wildman–Crippen LogP) is 4.66. The summed E-state index contributed by atoms with van der Waals surface area (Å²) in [5.74, 6) is 0. The molecule has 0 aliphatic rings. The van der Waals surface area contributed by atoms with Crippen LogP contribution >= 0.6 is 0 Å². The van der Waals surface area contributed by atoms with E-state index >= 15 is 0 Å². The molecule has 2 aromatic carbocycles. The maximum atomic E-state index is 6.00. The molecule has 2 rings (SSSR count). The third-order valence-corrected chi connectivity index (χ3v) is 3.35. The summed E-state index contributed by atoms with van der Waals surface area (Å²) >= 11 is 0. The van der Waals surface area contributed by atoms with Crippen molar-refractivity contribution >= 4 is 17.1 Å². The molecule has 0 bridgehead atoms. The Balaban J connectivity index is 2.11. The molecule has 0 unspecified atom stereocenters. The highest BCUT2D eigenvalue weighted by molar-refractivity contribution is 5.75. The van der Waals surface area contributed by atoms with Crippen molar-refractivity contribution in [2.24, 2.45) is 0 Å². The van der Waals surface area contributed by atoms with E-state index < -0.39 is 0 Å². The topological polar surface area (TPSA) is 38.0 Å². The van der Waals surface area contributed by atoms with E-state index in [0.29, 0.717) is 0 Å². The average molecular weight is 254 g/mol. The van der Waals surface area contributed by atoms with E-state index in [4.69, 9.17) is 5.73 Å². The number of rotatable bonds is 5. The van der Waals surface area contributed by atoms with Gasteiger partial charge >= 0.3 is 0 Å². The quantitative estimate of drug-likeness (QED) is 0.761. The number of unbranched alkanes of at least 4 members (excludes halogenated alkanes) is 1. The van der Waals surface area contributed by atoms with Gasteiger partial charge in [-0.15, -0.1) is 0 Å². The molecule has 0 atom stereocenters. The number of aryl methyl sites for hydroxylation is 2. The van der Waals surface area contributed by atoms with E-state index in [9.17, 15) is 0 Å². The normalized spacial score (nSPS) is 10.4. The number of nitrogens with two attached hydrogens (primary N) is 1. The second-order valence-electron chi connectivity index (χ2n) is 4.96. The first kappa shape index (κ1) is 13.5. The van der Waals surface area contributed by atoms with Gasteiger partial charge < -0.3 is 11.1 Å². The van der Waals surface area contributed by atoms with Crippen molar-refractivity contribution in [1.82, 2.24) is 0 Å². The van der Waals surface area contributed by atoms with Crippen molar-refractivity contribution in [2.75, 3.05) is 11.1 Å². The lowest BCUT2D eigenvalue weighted by Crippen LogP contribution is -1.98. The van der Waals surface area contributed by atoms with Crippen molar-refractivity contribution < 1.29 is 0 Å². The van der Waals surface area contributed by atoms with E-state index in [1.165, 1.54) is 18.4 Å². The molecule has 100 valence electrons. The monoisotopic (exact) mass is 254 g/mol. The zero-order chi connectivity index (χ0) is 13.7. The number of hydrogen-bond donors (Lipinski definition) is 2. The Morgan fingerprint density at radius 3 is 2.42 bits per heavy atom. The molecule has 0 spiro atoms. The zero-order valence-corrected chi connectivity index (χ0v) is 11.7. The van der Waals surface area contributed by atoms with Crippen molar-refractivity contribution in [2.45, 2.75) is 33.1 Å². The molecular weight excluding hydrogens is 232 g/mol. The summed E-state index contributed by atoms with van der Waals surface area (Å²) in [4.78, 5) is 0. The van der Waals surface area contributed by atoms with Crippen molar-refractivity contribution in [1.29, 1.82) is 0 Å². The molecule has 0 saturated heterocycles. The molecule has 0 aromatic heterocycles. The molecule has 0 aliphatic carbocycles. The van der Waals surface area contributed by atoms with Crippen molar-refractivity contribution in [3.8, 4) is 0 Å². The molecule has 2 nitrogen and oxygen atoms in total. The molecular formula is C17H22N2. The summed E-state index contributed by atoms with van der Waals surface area (Å²) in [5, 5.41) is 3.40. The van der Waals surface area contributed by atoms with Gasteiger partial charge in [0, 0.05) is 5.69 Å². The Labute approximate surface area is 115 Å². The highest BCUT2D eigenvalue weighted by atomic mass is 14.9. The van der Waals surface area contributed by atoms with Crippen LogP contribution in [-0.4, -0.2) is 0 Å². The van der Waals surface area contributed by atoms with Gasteiger partial charge in [-0.2, -0.15) is 0 Å². The highest BCUT2D eigenvalue weighted by Gasteiger charge is 2.03. The minimum absolute atomic E-state index is 0.787. The lowest BCUT2D eigenvalue weighted by Gasteiger charge is -2.12. The van der Waals surface area contributed by atoms with E-state index in [-0.39, 0.29) is 0 Å². The molecule has 2 heteroatoms. The largest absolute Gasteiger partial charge is 0.397 e. The number of nitrogens with one attached hydrogen (secondary N) is 1. The average Bonchev–Trinajstić information content (AvgIpc) is 2.42. The second-order valence-corrected chi connectivity index (χ2v) is 4.96. The van der Waals surface area contributed by atoms with Gasteiger partial charge in [-0.05, 0) is 49.1 Å². The zero-order valence-electron chi connectivity index (χ0n) is 11.7. The Bertz CT molecular complexity index is 509.